The second-order valence-electron chi connectivity index (χ2n) is 6.14. The first-order valence-electron chi connectivity index (χ1n) is 8.38. The maximum absolute atomic E-state index is 4.27. The van der Waals surface area contributed by atoms with Crippen LogP contribution in [0.1, 0.15) is 60.8 Å². The predicted octanol–water partition coefficient (Wildman–Crippen LogP) is 7.34. The minimum absolute atomic E-state index is 0.144. The maximum atomic E-state index is 4.27. The van der Waals surface area contributed by atoms with Gasteiger partial charge in [0.05, 0.1) is 0 Å². The first-order valence-corrected chi connectivity index (χ1v) is 8.38. The average molecular weight is 299 g/mol. The Morgan fingerprint density at radius 1 is 1.14 bits per heavy atom. The topological polar surface area (TPSA) is 0 Å². The molecule has 0 fully saturated rings. The molecule has 1 unspecified atom stereocenters. The summed E-state index contributed by atoms with van der Waals surface area (Å²) < 4.78 is 0. The summed E-state index contributed by atoms with van der Waals surface area (Å²) in [4.78, 5) is 0. The van der Waals surface area contributed by atoms with E-state index in [4.69, 9.17) is 0 Å². The van der Waals surface area contributed by atoms with Gasteiger partial charge in [0, 0.05) is 5.41 Å². The summed E-state index contributed by atoms with van der Waals surface area (Å²) in [6, 6.07) is 0. The molecule has 0 aliphatic rings. The Morgan fingerprint density at radius 3 is 2.14 bits per heavy atom. The zero-order chi connectivity index (χ0) is 17.2. The molecular formula is C22H34. The van der Waals surface area contributed by atoms with E-state index in [0.717, 1.165) is 24.8 Å². The lowest BCUT2D eigenvalue weighted by Crippen LogP contribution is -2.20. The molecule has 22 heavy (non-hydrogen) atoms. The van der Waals surface area contributed by atoms with Gasteiger partial charge in [0.2, 0.25) is 0 Å². The van der Waals surface area contributed by atoms with E-state index >= 15 is 0 Å². The van der Waals surface area contributed by atoms with Crippen LogP contribution in [0.4, 0.5) is 0 Å². The minimum Gasteiger partial charge on any atom is -0.102 e. The van der Waals surface area contributed by atoms with Crippen molar-refractivity contribution in [2.75, 3.05) is 0 Å². The number of rotatable bonds is 9. The van der Waals surface area contributed by atoms with Gasteiger partial charge in [-0.25, -0.2) is 0 Å². The Kier molecular flexibility index (Phi) is 9.49. The smallest absolute Gasteiger partial charge is 0.0317 e. The van der Waals surface area contributed by atoms with Gasteiger partial charge in [-0.15, -0.1) is 6.58 Å². The van der Waals surface area contributed by atoms with Crippen molar-refractivity contribution in [3.63, 3.8) is 0 Å². The van der Waals surface area contributed by atoms with Gasteiger partial charge in [0.15, 0.2) is 0 Å². The van der Waals surface area contributed by atoms with Gasteiger partial charge >= 0.3 is 0 Å². The number of hydrogen-bond donors (Lipinski definition) is 0. The molecule has 0 N–H and O–H groups in total. The molecule has 0 aromatic heterocycles. The van der Waals surface area contributed by atoms with Crippen molar-refractivity contribution in [1.82, 2.24) is 0 Å². The van der Waals surface area contributed by atoms with Crippen molar-refractivity contribution in [3.8, 4) is 0 Å². The van der Waals surface area contributed by atoms with E-state index in [-0.39, 0.29) is 5.41 Å². The summed E-state index contributed by atoms with van der Waals surface area (Å²) >= 11 is 0. The lowest BCUT2D eigenvalue weighted by molar-refractivity contribution is 0.525. The Balaban J connectivity index is 6.58. The highest BCUT2D eigenvalue weighted by atomic mass is 14.3. The van der Waals surface area contributed by atoms with Crippen LogP contribution in [0.3, 0.4) is 0 Å². The minimum atomic E-state index is -0.144. The lowest BCUT2D eigenvalue weighted by Gasteiger charge is -2.32. The van der Waals surface area contributed by atoms with Crippen molar-refractivity contribution in [1.29, 1.82) is 0 Å². The van der Waals surface area contributed by atoms with Gasteiger partial charge in [-0.3, -0.25) is 0 Å². The van der Waals surface area contributed by atoms with E-state index in [1.807, 2.05) is 0 Å². The van der Waals surface area contributed by atoms with Crippen LogP contribution in [-0.4, -0.2) is 0 Å². The van der Waals surface area contributed by atoms with Crippen LogP contribution in [0.15, 0.2) is 71.9 Å². The quantitative estimate of drug-likeness (QED) is 0.308. The summed E-state index contributed by atoms with van der Waals surface area (Å²) in [5.41, 5.74) is 4.80. The number of hydrogen-bond acceptors (Lipinski definition) is 0. The van der Waals surface area contributed by atoms with Gasteiger partial charge in [0.1, 0.15) is 0 Å². The molecule has 0 aromatic carbocycles. The van der Waals surface area contributed by atoms with E-state index < -0.39 is 0 Å². The monoisotopic (exact) mass is 298 g/mol. The van der Waals surface area contributed by atoms with Gasteiger partial charge < -0.3 is 0 Å². The van der Waals surface area contributed by atoms with Crippen LogP contribution < -0.4 is 0 Å². The molecule has 0 aliphatic carbocycles. The molecule has 122 valence electrons. The fraction of sp³-hybridized carbons (Fsp3) is 0.455. The van der Waals surface area contributed by atoms with Crippen LogP contribution >= 0.6 is 0 Å². The number of allylic oxidation sites excluding steroid dienone is 10. The SMILES string of the molecule is C=CC(C=CC)(CCC)C(C(=C)C)=C(C=CCC)C=C(C)C. The van der Waals surface area contributed by atoms with Crippen molar-refractivity contribution in [2.24, 2.45) is 5.41 Å². The van der Waals surface area contributed by atoms with Crippen molar-refractivity contribution in [2.45, 2.75) is 60.8 Å². The van der Waals surface area contributed by atoms with Crippen molar-refractivity contribution in [3.05, 3.63) is 71.9 Å². The Bertz CT molecular complexity index is 490. The first kappa shape index (κ1) is 20.4. The molecule has 0 heterocycles. The fourth-order valence-electron chi connectivity index (χ4n) is 2.95. The van der Waals surface area contributed by atoms with Crippen LogP contribution in [0.25, 0.3) is 0 Å². The average Bonchev–Trinajstić information content (AvgIpc) is 2.44. The predicted molar refractivity (Wildman–Crippen MR) is 103 cm³/mol. The molecule has 0 saturated carbocycles. The van der Waals surface area contributed by atoms with Gasteiger partial charge in [-0.2, -0.15) is 0 Å². The third-order valence-corrected chi connectivity index (χ3v) is 3.65. The summed E-state index contributed by atoms with van der Waals surface area (Å²) in [7, 11) is 0. The van der Waals surface area contributed by atoms with Crippen molar-refractivity contribution >= 4 is 0 Å². The lowest BCUT2D eigenvalue weighted by atomic mass is 9.71. The molecule has 0 aliphatic heterocycles. The highest BCUT2D eigenvalue weighted by Gasteiger charge is 2.29. The zero-order valence-electron chi connectivity index (χ0n) is 15.5. The van der Waals surface area contributed by atoms with E-state index in [1.165, 1.54) is 16.7 Å². The third kappa shape index (κ3) is 5.67. The normalized spacial score (nSPS) is 15.5. The molecule has 0 rings (SSSR count). The van der Waals surface area contributed by atoms with Crippen LogP contribution in [0.2, 0.25) is 0 Å². The second-order valence-corrected chi connectivity index (χ2v) is 6.14. The van der Waals surface area contributed by atoms with Crippen LogP contribution in [-0.2, 0) is 0 Å². The molecule has 0 heteroatoms. The van der Waals surface area contributed by atoms with Gasteiger partial charge in [0.25, 0.3) is 0 Å². The standard InChI is InChI=1S/C22H34/c1-9-13-14-20(17-18(5)6)21(19(7)8)22(12-4,15-10-2)16-11-3/h10,12-15,17H,4,7,9,11,16H2,1-3,5-6,8H3. The van der Waals surface area contributed by atoms with Crippen LogP contribution in [0, 0.1) is 5.41 Å². The Labute approximate surface area is 138 Å². The second kappa shape index (κ2) is 10.2. The van der Waals surface area contributed by atoms with Gasteiger partial charge in [-0.1, -0.05) is 74.4 Å². The zero-order valence-corrected chi connectivity index (χ0v) is 15.5. The highest BCUT2D eigenvalue weighted by Crippen LogP contribution is 2.42. The summed E-state index contributed by atoms with van der Waals surface area (Å²) in [5.74, 6) is 0. The van der Waals surface area contributed by atoms with Crippen LogP contribution in [0.5, 0.6) is 0 Å². The highest BCUT2D eigenvalue weighted by molar-refractivity contribution is 5.52. The largest absolute Gasteiger partial charge is 0.102 e. The van der Waals surface area contributed by atoms with E-state index in [1.54, 1.807) is 0 Å². The summed E-state index contributed by atoms with van der Waals surface area (Å²) in [6.45, 7) is 21.3. The molecule has 0 saturated heterocycles. The maximum Gasteiger partial charge on any atom is 0.0317 e. The summed E-state index contributed by atoms with van der Waals surface area (Å²) in [5, 5.41) is 0. The van der Waals surface area contributed by atoms with E-state index in [2.05, 4.69) is 91.2 Å². The van der Waals surface area contributed by atoms with E-state index in [9.17, 15) is 0 Å². The molecule has 0 radical (unpaired) electrons. The molecule has 0 aromatic rings. The molecule has 0 spiro atoms. The molecular weight excluding hydrogens is 264 g/mol. The Morgan fingerprint density at radius 2 is 1.77 bits per heavy atom. The van der Waals surface area contributed by atoms with E-state index in [0.29, 0.717) is 0 Å². The first-order chi connectivity index (χ1) is 10.4. The molecule has 0 amide bonds. The Hall–Kier alpha value is -1.56. The van der Waals surface area contributed by atoms with Crippen molar-refractivity contribution < 1.29 is 0 Å². The molecule has 0 nitrogen and oxygen atoms in total. The third-order valence-electron chi connectivity index (χ3n) is 3.65. The summed E-state index contributed by atoms with van der Waals surface area (Å²) in [6.07, 6.45) is 16.4. The van der Waals surface area contributed by atoms with Gasteiger partial charge in [-0.05, 0) is 51.7 Å². The molecule has 1 atom stereocenters. The molecule has 0 bridgehead atoms. The fourth-order valence-corrected chi connectivity index (χ4v) is 2.95.